The standard InChI is InChI=1S/C19H28N4O/c1-4-19(5-2,16-10-8-7-9-11-16)15-22-18(20-6-3)21-14-17-12-13-24-23-17/h7-13H,4-6,14-15H2,1-3H3,(H2,20,21,22). The number of hydrogen-bond acceptors (Lipinski definition) is 3. The molecule has 0 saturated heterocycles. The van der Waals surface area contributed by atoms with Crippen LogP contribution in [0.4, 0.5) is 0 Å². The molecule has 0 fully saturated rings. The number of aliphatic imine (C=N–C) groups is 1. The van der Waals surface area contributed by atoms with Crippen molar-refractivity contribution in [1.29, 1.82) is 0 Å². The van der Waals surface area contributed by atoms with E-state index in [9.17, 15) is 0 Å². The zero-order valence-corrected chi connectivity index (χ0v) is 14.9. The van der Waals surface area contributed by atoms with Gasteiger partial charge in [-0.15, -0.1) is 0 Å². The van der Waals surface area contributed by atoms with Crippen molar-refractivity contribution in [2.75, 3.05) is 13.1 Å². The summed E-state index contributed by atoms with van der Waals surface area (Å²) in [6, 6.07) is 12.6. The molecule has 1 heterocycles. The van der Waals surface area contributed by atoms with Crippen LogP contribution in [0.2, 0.25) is 0 Å². The van der Waals surface area contributed by atoms with Crippen LogP contribution in [-0.4, -0.2) is 24.2 Å². The molecule has 0 spiro atoms. The van der Waals surface area contributed by atoms with Gasteiger partial charge in [-0.1, -0.05) is 49.3 Å². The summed E-state index contributed by atoms with van der Waals surface area (Å²) in [4.78, 5) is 4.59. The molecule has 0 saturated carbocycles. The van der Waals surface area contributed by atoms with E-state index in [0.717, 1.165) is 37.6 Å². The van der Waals surface area contributed by atoms with Crippen molar-refractivity contribution < 1.29 is 4.52 Å². The smallest absolute Gasteiger partial charge is 0.191 e. The Morgan fingerprint density at radius 3 is 2.42 bits per heavy atom. The van der Waals surface area contributed by atoms with E-state index in [1.807, 2.05) is 6.07 Å². The van der Waals surface area contributed by atoms with Gasteiger partial charge < -0.3 is 15.2 Å². The fraction of sp³-hybridized carbons (Fsp3) is 0.474. The van der Waals surface area contributed by atoms with Crippen molar-refractivity contribution in [3.63, 3.8) is 0 Å². The second-order valence-corrected chi connectivity index (χ2v) is 5.89. The van der Waals surface area contributed by atoms with Gasteiger partial charge in [0.2, 0.25) is 0 Å². The van der Waals surface area contributed by atoms with Crippen LogP contribution in [0.1, 0.15) is 44.9 Å². The van der Waals surface area contributed by atoms with Gasteiger partial charge in [0.15, 0.2) is 5.96 Å². The maximum Gasteiger partial charge on any atom is 0.191 e. The molecule has 0 aliphatic carbocycles. The second kappa shape index (κ2) is 9.11. The fourth-order valence-corrected chi connectivity index (χ4v) is 2.88. The number of benzene rings is 1. The van der Waals surface area contributed by atoms with Gasteiger partial charge in [-0.25, -0.2) is 4.99 Å². The van der Waals surface area contributed by atoms with Gasteiger partial charge in [-0.3, -0.25) is 0 Å². The van der Waals surface area contributed by atoms with Crippen LogP contribution >= 0.6 is 0 Å². The van der Waals surface area contributed by atoms with Crippen molar-refractivity contribution in [3.8, 4) is 0 Å². The molecule has 0 bridgehead atoms. The molecule has 130 valence electrons. The van der Waals surface area contributed by atoms with E-state index in [4.69, 9.17) is 4.52 Å². The normalized spacial score (nSPS) is 12.2. The van der Waals surface area contributed by atoms with Gasteiger partial charge in [0, 0.05) is 24.6 Å². The van der Waals surface area contributed by atoms with Crippen LogP contribution < -0.4 is 10.6 Å². The Bertz CT molecular complexity index is 604. The van der Waals surface area contributed by atoms with E-state index < -0.39 is 0 Å². The molecule has 1 aromatic heterocycles. The van der Waals surface area contributed by atoms with E-state index in [1.54, 1.807) is 6.26 Å². The molecular weight excluding hydrogens is 300 g/mol. The molecule has 0 aliphatic rings. The minimum atomic E-state index is 0.103. The molecule has 1 aromatic carbocycles. The van der Waals surface area contributed by atoms with E-state index in [1.165, 1.54) is 5.56 Å². The van der Waals surface area contributed by atoms with Crippen LogP contribution in [0.15, 0.2) is 52.2 Å². The molecule has 5 heteroatoms. The van der Waals surface area contributed by atoms with Gasteiger partial charge in [-0.05, 0) is 25.3 Å². The maximum atomic E-state index is 4.85. The highest BCUT2D eigenvalue weighted by atomic mass is 16.5. The summed E-state index contributed by atoms with van der Waals surface area (Å²) < 4.78 is 4.85. The summed E-state index contributed by atoms with van der Waals surface area (Å²) in [6.45, 7) is 8.73. The first-order valence-electron chi connectivity index (χ1n) is 8.71. The monoisotopic (exact) mass is 328 g/mol. The lowest BCUT2D eigenvalue weighted by atomic mass is 9.76. The Kier molecular flexibility index (Phi) is 6.85. The third kappa shape index (κ3) is 4.60. The third-order valence-corrected chi connectivity index (χ3v) is 4.57. The third-order valence-electron chi connectivity index (χ3n) is 4.57. The minimum absolute atomic E-state index is 0.103. The van der Waals surface area contributed by atoms with Crippen LogP contribution in [0.5, 0.6) is 0 Å². The van der Waals surface area contributed by atoms with Gasteiger partial charge >= 0.3 is 0 Å². The van der Waals surface area contributed by atoms with Gasteiger partial charge in [0.05, 0.1) is 6.54 Å². The molecule has 24 heavy (non-hydrogen) atoms. The summed E-state index contributed by atoms with van der Waals surface area (Å²) in [7, 11) is 0. The highest BCUT2D eigenvalue weighted by molar-refractivity contribution is 5.79. The number of nitrogens with zero attached hydrogens (tertiary/aromatic N) is 2. The first-order valence-corrected chi connectivity index (χ1v) is 8.71. The summed E-state index contributed by atoms with van der Waals surface area (Å²) in [6.07, 6.45) is 3.71. The number of rotatable bonds is 8. The first kappa shape index (κ1) is 18.0. The minimum Gasteiger partial charge on any atom is -0.364 e. The Hall–Kier alpha value is -2.30. The Morgan fingerprint density at radius 1 is 1.08 bits per heavy atom. The average Bonchev–Trinajstić information content (AvgIpc) is 3.15. The van der Waals surface area contributed by atoms with Crippen molar-refractivity contribution >= 4 is 5.96 Å². The van der Waals surface area contributed by atoms with Crippen LogP contribution in [0.25, 0.3) is 0 Å². The first-order chi connectivity index (χ1) is 11.7. The lowest BCUT2D eigenvalue weighted by Gasteiger charge is -2.33. The van der Waals surface area contributed by atoms with Gasteiger partial charge in [0.1, 0.15) is 12.0 Å². The molecule has 0 unspecified atom stereocenters. The van der Waals surface area contributed by atoms with Crippen molar-refractivity contribution in [2.24, 2.45) is 4.99 Å². The predicted octanol–water partition coefficient (Wildman–Crippen LogP) is 3.49. The Balaban J connectivity index is 2.08. The molecular formula is C19H28N4O. The van der Waals surface area contributed by atoms with Crippen LogP contribution in [-0.2, 0) is 12.0 Å². The molecule has 0 radical (unpaired) electrons. The van der Waals surface area contributed by atoms with Crippen molar-refractivity contribution in [1.82, 2.24) is 15.8 Å². The SMILES string of the molecule is CCNC(=NCc1ccon1)NCC(CC)(CC)c1ccccc1. The largest absolute Gasteiger partial charge is 0.364 e. The lowest BCUT2D eigenvalue weighted by Crippen LogP contribution is -2.45. The highest BCUT2D eigenvalue weighted by Gasteiger charge is 2.28. The fourth-order valence-electron chi connectivity index (χ4n) is 2.88. The zero-order chi connectivity index (χ0) is 17.3. The van der Waals surface area contributed by atoms with E-state index in [2.05, 4.69) is 71.9 Å². The van der Waals surface area contributed by atoms with E-state index >= 15 is 0 Å². The molecule has 0 aliphatic heterocycles. The Labute approximate surface area is 144 Å². The quantitative estimate of drug-likeness (QED) is 0.575. The zero-order valence-electron chi connectivity index (χ0n) is 14.9. The number of hydrogen-bond donors (Lipinski definition) is 2. The highest BCUT2D eigenvalue weighted by Crippen LogP contribution is 2.30. The topological polar surface area (TPSA) is 62.5 Å². The number of aromatic nitrogens is 1. The lowest BCUT2D eigenvalue weighted by molar-refractivity contribution is 0.389. The average molecular weight is 328 g/mol. The predicted molar refractivity (Wildman–Crippen MR) is 98.0 cm³/mol. The van der Waals surface area contributed by atoms with Crippen LogP contribution in [0, 0.1) is 0 Å². The Morgan fingerprint density at radius 2 is 1.83 bits per heavy atom. The summed E-state index contributed by atoms with van der Waals surface area (Å²) in [5, 5.41) is 10.7. The summed E-state index contributed by atoms with van der Waals surface area (Å²) in [5.74, 6) is 0.808. The summed E-state index contributed by atoms with van der Waals surface area (Å²) in [5.41, 5.74) is 2.30. The molecule has 2 aromatic rings. The molecule has 2 rings (SSSR count). The number of nitrogens with one attached hydrogen (secondary N) is 2. The second-order valence-electron chi connectivity index (χ2n) is 5.89. The molecule has 2 N–H and O–H groups in total. The van der Waals surface area contributed by atoms with E-state index in [0.29, 0.717) is 6.54 Å². The van der Waals surface area contributed by atoms with E-state index in [-0.39, 0.29) is 5.41 Å². The van der Waals surface area contributed by atoms with Crippen molar-refractivity contribution in [3.05, 3.63) is 53.9 Å². The van der Waals surface area contributed by atoms with Crippen molar-refractivity contribution in [2.45, 2.75) is 45.6 Å². The summed E-state index contributed by atoms with van der Waals surface area (Å²) >= 11 is 0. The molecule has 0 atom stereocenters. The maximum absolute atomic E-state index is 4.85. The van der Waals surface area contributed by atoms with Gasteiger partial charge in [-0.2, -0.15) is 0 Å². The van der Waals surface area contributed by atoms with Gasteiger partial charge in [0.25, 0.3) is 0 Å². The molecule has 0 amide bonds. The number of guanidine groups is 1. The molecule has 5 nitrogen and oxygen atoms in total. The van der Waals surface area contributed by atoms with Crippen LogP contribution in [0.3, 0.4) is 0 Å².